The van der Waals surface area contributed by atoms with Crippen molar-refractivity contribution in [3.8, 4) is 23.0 Å². The quantitative estimate of drug-likeness (QED) is 0.488. The summed E-state index contributed by atoms with van der Waals surface area (Å²) in [5.41, 5.74) is 5.47. The zero-order valence-corrected chi connectivity index (χ0v) is 18.1. The van der Waals surface area contributed by atoms with E-state index in [1.165, 1.54) is 6.07 Å². The second-order valence-corrected chi connectivity index (χ2v) is 8.15. The Morgan fingerprint density at radius 1 is 1.12 bits per heavy atom. The maximum absolute atomic E-state index is 14.1. The molecule has 0 spiro atoms. The molecule has 2 aromatic carbocycles. The van der Waals surface area contributed by atoms with Gasteiger partial charge in [0.05, 0.1) is 12.1 Å². The molecule has 0 unspecified atom stereocenters. The molecule has 0 bridgehead atoms. The van der Waals surface area contributed by atoms with Gasteiger partial charge in [0.1, 0.15) is 5.82 Å². The lowest BCUT2D eigenvalue weighted by Crippen LogP contribution is -2.36. The molecule has 0 N–H and O–H groups in total. The third-order valence-corrected chi connectivity index (χ3v) is 5.74. The first-order valence-corrected chi connectivity index (χ1v) is 10.4. The van der Waals surface area contributed by atoms with Crippen molar-refractivity contribution in [3.63, 3.8) is 0 Å². The minimum Gasteiger partial charge on any atom is -0.334 e. The van der Waals surface area contributed by atoms with Gasteiger partial charge >= 0.3 is 0 Å². The summed E-state index contributed by atoms with van der Waals surface area (Å²) in [6.45, 7) is 4.96. The molecule has 1 aliphatic rings. The van der Waals surface area contributed by atoms with Gasteiger partial charge in [0.2, 0.25) is 5.82 Å². The van der Waals surface area contributed by atoms with Crippen LogP contribution >= 0.6 is 0 Å². The van der Waals surface area contributed by atoms with Gasteiger partial charge in [-0.05, 0) is 38.1 Å². The highest BCUT2D eigenvalue weighted by Crippen LogP contribution is 2.31. The van der Waals surface area contributed by atoms with E-state index < -0.39 is 5.82 Å². The number of benzene rings is 2. The van der Waals surface area contributed by atoms with Crippen molar-refractivity contribution < 1.29 is 13.7 Å². The molecule has 7 nitrogen and oxygen atoms in total. The average Bonchev–Trinajstić information content (AvgIpc) is 3.37. The Labute approximate surface area is 184 Å². The summed E-state index contributed by atoms with van der Waals surface area (Å²) in [4.78, 5) is 19.4. The molecule has 8 heteroatoms. The van der Waals surface area contributed by atoms with E-state index in [4.69, 9.17) is 4.52 Å². The van der Waals surface area contributed by atoms with Gasteiger partial charge in [0.25, 0.3) is 11.8 Å². The molecule has 0 atom stereocenters. The fourth-order valence-corrected chi connectivity index (χ4v) is 4.29. The van der Waals surface area contributed by atoms with Gasteiger partial charge in [0.15, 0.2) is 5.69 Å². The lowest BCUT2D eigenvalue weighted by Gasteiger charge is -2.27. The van der Waals surface area contributed by atoms with Crippen molar-refractivity contribution in [2.24, 2.45) is 7.05 Å². The van der Waals surface area contributed by atoms with Crippen LogP contribution in [-0.4, -0.2) is 37.3 Å². The summed E-state index contributed by atoms with van der Waals surface area (Å²) in [6, 6.07) is 12.1. The smallest absolute Gasteiger partial charge is 0.279 e. The average molecular weight is 431 g/mol. The monoisotopic (exact) mass is 431 g/mol. The van der Waals surface area contributed by atoms with Crippen LogP contribution in [0.5, 0.6) is 0 Å². The fraction of sp³-hybridized carbons (Fsp3) is 0.250. The molecule has 1 aliphatic heterocycles. The molecule has 162 valence electrons. The molecule has 32 heavy (non-hydrogen) atoms. The summed E-state index contributed by atoms with van der Waals surface area (Å²) < 4.78 is 21.4. The number of aromatic nitrogens is 4. The van der Waals surface area contributed by atoms with Crippen LogP contribution in [0.4, 0.5) is 4.39 Å². The summed E-state index contributed by atoms with van der Waals surface area (Å²) >= 11 is 0. The number of halogens is 1. The Morgan fingerprint density at radius 3 is 2.62 bits per heavy atom. The van der Waals surface area contributed by atoms with Crippen LogP contribution in [0.25, 0.3) is 23.0 Å². The molecule has 0 radical (unpaired) electrons. The molecule has 1 amide bonds. The van der Waals surface area contributed by atoms with Gasteiger partial charge in [-0.1, -0.05) is 34.5 Å². The SMILES string of the molecule is Cc1cc(C)cc(C(=O)N2CCc3c(c(-c4nc(-c5ccccc5F)no4)nn3C)C2)c1. The van der Waals surface area contributed by atoms with Crippen molar-refractivity contribution in [3.05, 3.63) is 76.2 Å². The molecule has 2 aromatic heterocycles. The second-order valence-electron chi connectivity index (χ2n) is 8.15. The lowest BCUT2D eigenvalue weighted by atomic mass is 10.0. The minimum absolute atomic E-state index is 0.0187. The number of rotatable bonds is 3. The maximum Gasteiger partial charge on any atom is 0.279 e. The summed E-state index contributed by atoms with van der Waals surface area (Å²) in [5.74, 6) is -0.0692. The predicted molar refractivity (Wildman–Crippen MR) is 116 cm³/mol. The van der Waals surface area contributed by atoms with E-state index in [9.17, 15) is 9.18 Å². The molecule has 0 saturated carbocycles. The first-order valence-electron chi connectivity index (χ1n) is 10.4. The van der Waals surface area contributed by atoms with Gasteiger partial charge < -0.3 is 9.42 Å². The summed E-state index contributed by atoms with van der Waals surface area (Å²) in [5, 5.41) is 8.52. The third kappa shape index (κ3) is 3.47. The standard InChI is InChI=1S/C24H22FN5O2/c1-14-10-15(2)12-16(11-14)24(31)30-9-8-20-18(13-30)21(27-29(20)3)23-26-22(28-32-23)17-6-4-5-7-19(17)25/h4-7,10-12H,8-9,13H2,1-3H3. The van der Waals surface area contributed by atoms with Crippen molar-refractivity contribution in [1.29, 1.82) is 0 Å². The Bertz CT molecular complexity index is 1320. The molecule has 0 fully saturated rings. The molecular weight excluding hydrogens is 409 g/mol. The van der Waals surface area contributed by atoms with Crippen LogP contribution in [-0.2, 0) is 20.0 Å². The van der Waals surface area contributed by atoms with Crippen LogP contribution in [0, 0.1) is 19.7 Å². The number of nitrogens with zero attached hydrogens (tertiary/aromatic N) is 5. The lowest BCUT2D eigenvalue weighted by molar-refractivity contribution is 0.0733. The van der Waals surface area contributed by atoms with E-state index in [1.54, 1.807) is 22.9 Å². The van der Waals surface area contributed by atoms with E-state index in [0.29, 0.717) is 30.8 Å². The van der Waals surface area contributed by atoms with Crippen LogP contribution in [0.2, 0.25) is 0 Å². The highest BCUT2D eigenvalue weighted by Gasteiger charge is 2.30. The van der Waals surface area contributed by atoms with Gasteiger partial charge in [-0.2, -0.15) is 10.1 Å². The van der Waals surface area contributed by atoms with Crippen molar-refractivity contribution >= 4 is 5.91 Å². The summed E-state index contributed by atoms with van der Waals surface area (Å²) in [7, 11) is 1.86. The number of carbonyl (C=O) groups is 1. The van der Waals surface area contributed by atoms with Gasteiger partial charge in [-0.15, -0.1) is 0 Å². The molecular formula is C24H22FN5O2. The van der Waals surface area contributed by atoms with E-state index in [-0.39, 0.29) is 23.2 Å². The number of hydrogen-bond acceptors (Lipinski definition) is 5. The number of hydrogen-bond donors (Lipinski definition) is 0. The Hall–Kier alpha value is -3.81. The van der Waals surface area contributed by atoms with E-state index in [0.717, 1.165) is 22.4 Å². The predicted octanol–water partition coefficient (Wildman–Crippen LogP) is 4.09. The maximum atomic E-state index is 14.1. The molecule has 4 aromatic rings. The van der Waals surface area contributed by atoms with E-state index in [2.05, 4.69) is 15.2 Å². The Kier molecular flexibility index (Phi) is 4.84. The summed E-state index contributed by atoms with van der Waals surface area (Å²) in [6.07, 6.45) is 0.670. The number of aryl methyl sites for hydroxylation is 3. The van der Waals surface area contributed by atoms with E-state index in [1.807, 2.05) is 44.0 Å². The zero-order valence-electron chi connectivity index (χ0n) is 18.1. The van der Waals surface area contributed by atoms with Crippen LogP contribution in [0.1, 0.15) is 32.7 Å². The molecule has 3 heterocycles. The van der Waals surface area contributed by atoms with Gasteiger partial charge in [-0.3, -0.25) is 9.48 Å². The van der Waals surface area contributed by atoms with Gasteiger partial charge in [0, 0.05) is 36.8 Å². The van der Waals surface area contributed by atoms with Crippen LogP contribution in [0.15, 0.2) is 47.0 Å². The number of fused-ring (bicyclic) bond motifs is 1. The van der Waals surface area contributed by atoms with Crippen molar-refractivity contribution in [2.45, 2.75) is 26.8 Å². The first-order chi connectivity index (χ1) is 15.4. The normalized spacial score (nSPS) is 13.3. The highest BCUT2D eigenvalue weighted by atomic mass is 19.1. The largest absolute Gasteiger partial charge is 0.334 e. The molecule has 5 rings (SSSR count). The third-order valence-electron chi connectivity index (χ3n) is 5.74. The Balaban J connectivity index is 1.48. The first kappa shape index (κ1) is 20.1. The molecule has 0 aliphatic carbocycles. The van der Waals surface area contributed by atoms with Crippen LogP contribution < -0.4 is 0 Å². The van der Waals surface area contributed by atoms with Crippen molar-refractivity contribution in [2.75, 3.05) is 6.54 Å². The minimum atomic E-state index is -0.423. The highest BCUT2D eigenvalue weighted by molar-refractivity contribution is 5.94. The topological polar surface area (TPSA) is 77.1 Å². The number of carbonyl (C=O) groups excluding carboxylic acids is 1. The zero-order chi connectivity index (χ0) is 22.4. The van der Waals surface area contributed by atoms with Gasteiger partial charge in [-0.25, -0.2) is 4.39 Å². The number of amides is 1. The fourth-order valence-electron chi connectivity index (χ4n) is 4.29. The van der Waals surface area contributed by atoms with Crippen LogP contribution in [0.3, 0.4) is 0 Å². The molecule has 0 saturated heterocycles. The van der Waals surface area contributed by atoms with E-state index >= 15 is 0 Å². The Morgan fingerprint density at radius 2 is 1.88 bits per heavy atom. The second kappa shape index (κ2) is 7.71. The van der Waals surface area contributed by atoms with Crippen molar-refractivity contribution in [1.82, 2.24) is 24.8 Å².